The first-order valence-corrected chi connectivity index (χ1v) is 7.72. The highest BCUT2D eigenvalue weighted by Gasteiger charge is 2.22. The van der Waals surface area contributed by atoms with E-state index in [0.29, 0.717) is 27.4 Å². The first-order chi connectivity index (χ1) is 10.8. The summed E-state index contributed by atoms with van der Waals surface area (Å²) in [5, 5.41) is 0. The maximum atomic E-state index is 13.1. The molecule has 4 nitrogen and oxygen atoms in total. The van der Waals surface area contributed by atoms with Gasteiger partial charge in [0.2, 0.25) is 0 Å². The Balaban J connectivity index is 2.15. The number of carbonyl (C=O) groups is 2. The fourth-order valence-electron chi connectivity index (χ4n) is 2.22. The van der Waals surface area contributed by atoms with Crippen molar-refractivity contribution in [3.63, 3.8) is 0 Å². The average Bonchev–Trinajstić information content (AvgIpc) is 2.82. The lowest BCUT2D eigenvalue weighted by Gasteiger charge is -2.03. The molecule has 2 rings (SSSR count). The highest BCUT2D eigenvalue weighted by Crippen LogP contribution is 2.24. The first-order valence-electron chi connectivity index (χ1n) is 6.73. The first kappa shape index (κ1) is 17.2. The number of halogens is 2. The zero-order chi connectivity index (χ0) is 17.1. The van der Waals surface area contributed by atoms with E-state index in [4.69, 9.17) is 4.74 Å². The number of carbonyl (C=O) groups excluding carboxylic acids is 2. The maximum absolute atomic E-state index is 13.1. The maximum Gasteiger partial charge on any atom is 0.339 e. The van der Waals surface area contributed by atoms with Crippen LogP contribution in [0.2, 0.25) is 0 Å². The summed E-state index contributed by atoms with van der Waals surface area (Å²) in [6.45, 7) is 3.34. The summed E-state index contributed by atoms with van der Waals surface area (Å²) in [6.07, 6.45) is 0. The van der Waals surface area contributed by atoms with Crippen molar-refractivity contribution in [3.8, 4) is 0 Å². The van der Waals surface area contributed by atoms with E-state index >= 15 is 0 Å². The fraction of sp³-hybridized carbons (Fsp3) is 0.250. The van der Waals surface area contributed by atoms with Gasteiger partial charge in [0, 0.05) is 10.6 Å². The highest BCUT2D eigenvalue weighted by molar-refractivity contribution is 8.00. The minimum Gasteiger partial charge on any atom is -0.465 e. The molecule has 122 valence electrons. The highest BCUT2D eigenvalue weighted by atomic mass is 32.2. The third-order valence-corrected chi connectivity index (χ3v) is 4.36. The van der Waals surface area contributed by atoms with Gasteiger partial charge in [-0.3, -0.25) is 4.79 Å². The van der Waals surface area contributed by atoms with E-state index in [1.54, 1.807) is 13.8 Å². The standard InChI is InChI=1S/C16H15F2NO3S/c1-8-14(16(21)22-3)9(2)19-15(8)13(20)7-23-10-4-5-11(17)12(18)6-10/h4-6,19H,7H2,1-3H3. The van der Waals surface area contributed by atoms with Gasteiger partial charge in [-0.1, -0.05) is 0 Å². The Labute approximate surface area is 136 Å². The molecule has 0 radical (unpaired) electrons. The number of methoxy groups -OCH3 is 1. The van der Waals surface area contributed by atoms with Crippen molar-refractivity contribution in [3.05, 3.63) is 52.3 Å². The Morgan fingerprint density at radius 2 is 1.91 bits per heavy atom. The monoisotopic (exact) mass is 339 g/mol. The van der Waals surface area contributed by atoms with Crippen LogP contribution in [-0.2, 0) is 4.74 Å². The zero-order valence-corrected chi connectivity index (χ0v) is 13.6. The predicted molar refractivity (Wildman–Crippen MR) is 83.0 cm³/mol. The van der Waals surface area contributed by atoms with Gasteiger partial charge in [-0.25, -0.2) is 13.6 Å². The van der Waals surface area contributed by atoms with E-state index in [2.05, 4.69) is 4.98 Å². The van der Waals surface area contributed by atoms with Crippen molar-refractivity contribution in [2.45, 2.75) is 18.7 Å². The van der Waals surface area contributed by atoms with Crippen molar-refractivity contribution in [2.75, 3.05) is 12.9 Å². The second kappa shape index (κ2) is 6.95. The summed E-state index contributed by atoms with van der Waals surface area (Å²) >= 11 is 1.09. The number of hydrogen-bond acceptors (Lipinski definition) is 4. The summed E-state index contributed by atoms with van der Waals surface area (Å²) in [7, 11) is 1.27. The van der Waals surface area contributed by atoms with Crippen molar-refractivity contribution in [2.24, 2.45) is 0 Å². The summed E-state index contributed by atoms with van der Waals surface area (Å²) in [6, 6.07) is 3.46. The number of aryl methyl sites for hydroxylation is 1. The number of nitrogens with one attached hydrogen (secondary N) is 1. The number of benzene rings is 1. The molecule has 2 aromatic rings. The number of ketones is 1. The van der Waals surface area contributed by atoms with E-state index in [0.717, 1.165) is 23.9 Å². The van der Waals surface area contributed by atoms with Gasteiger partial charge in [-0.15, -0.1) is 11.8 Å². The molecule has 0 bridgehead atoms. The molecule has 23 heavy (non-hydrogen) atoms. The normalized spacial score (nSPS) is 10.7. The predicted octanol–water partition coefficient (Wildman–Crippen LogP) is 3.67. The molecular formula is C16H15F2NO3S. The van der Waals surface area contributed by atoms with Crippen LogP contribution in [0.1, 0.15) is 32.1 Å². The number of thioether (sulfide) groups is 1. The van der Waals surface area contributed by atoms with Gasteiger partial charge in [-0.05, 0) is 37.6 Å². The van der Waals surface area contributed by atoms with Crippen LogP contribution in [0.4, 0.5) is 8.78 Å². The second-order valence-corrected chi connectivity index (χ2v) is 5.95. The molecule has 7 heteroatoms. The van der Waals surface area contributed by atoms with Gasteiger partial charge in [0.05, 0.1) is 24.1 Å². The summed E-state index contributed by atoms with van der Waals surface area (Å²) < 4.78 is 30.7. The summed E-state index contributed by atoms with van der Waals surface area (Å²) in [5.74, 6) is -2.60. The number of esters is 1. The largest absolute Gasteiger partial charge is 0.465 e. The number of Topliss-reactive ketones (excluding diaryl/α,β-unsaturated/α-hetero) is 1. The Kier molecular flexibility index (Phi) is 5.20. The van der Waals surface area contributed by atoms with Crippen LogP contribution in [0, 0.1) is 25.5 Å². The lowest BCUT2D eigenvalue weighted by molar-refractivity contribution is 0.0599. The molecule has 0 aliphatic rings. The van der Waals surface area contributed by atoms with E-state index in [9.17, 15) is 18.4 Å². The molecule has 1 N–H and O–H groups in total. The molecule has 1 aromatic carbocycles. The minimum atomic E-state index is -0.956. The molecule has 0 aliphatic carbocycles. The quantitative estimate of drug-likeness (QED) is 0.513. The number of H-pyrrole nitrogens is 1. The van der Waals surface area contributed by atoms with Crippen molar-refractivity contribution < 1.29 is 23.1 Å². The van der Waals surface area contributed by atoms with Gasteiger partial charge in [0.15, 0.2) is 17.4 Å². The van der Waals surface area contributed by atoms with Crippen LogP contribution >= 0.6 is 11.8 Å². The van der Waals surface area contributed by atoms with Gasteiger partial charge >= 0.3 is 5.97 Å². The molecule has 0 saturated carbocycles. The molecule has 0 unspecified atom stereocenters. The third-order valence-electron chi connectivity index (χ3n) is 3.37. The molecule has 0 saturated heterocycles. The second-order valence-electron chi connectivity index (χ2n) is 4.90. The third kappa shape index (κ3) is 3.61. The van der Waals surface area contributed by atoms with Crippen LogP contribution < -0.4 is 0 Å². The summed E-state index contributed by atoms with van der Waals surface area (Å²) in [5.41, 5.74) is 1.73. The number of aromatic amines is 1. The zero-order valence-electron chi connectivity index (χ0n) is 12.8. The lowest BCUT2D eigenvalue weighted by Crippen LogP contribution is -2.07. The Morgan fingerprint density at radius 3 is 2.52 bits per heavy atom. The lowest BCUT2D eigenvalue weighted by atomic mass is 10.1. The Hall–Kier alpha value is -2.15. The van der Waals surface area contributed by atoms with Crippen LogP contribution in [-0.4, -0.2) is 29.6 Å². The molecule has 1 aromatic heterocycles. The summed E-state index contributed by atoms with van der Waals surface area (Å²) in [4.78, 5) is 27.3. The topological polar surface area (TPSA) is 59.2 Å². The molecule has 0 amide bonds. The molecule has 1 heterocycles. The van der Waals surface area contributed by atoms with Crippen LogP contribution in [0.5, 0.6) is 0 Å². The van der Waals surface area contributed by atoms with E-state index in [1.165, 1.54) is 13.2 Å². The van der Waals surface area contributed by atoms with E-state index in [-0.39, 0.29) is 11.5 Å². The number of rotatable bonds is 5. The molecular weight excluding hydrogens is 324 g/mol. The van der Waals surface area contributed by atoms with Gasteiger partial charge in [0.25, 0.3) is 0 Å². The minimum absolute atomic E-state index is 0.0342. The fourth-order valence-corrected chi connectivity index (χ4v) is 3.02. The molecule has 0 atom stereocenters. The molecule has 0 fully saturated rings. The van der Waals surface area contributed by atoms with Crippen molar-refractivity contribution in [1.29, 1.82) is 0 Å². The SMILES string of the molecule is COC(=O)c1c(C)[nH]c(C(=O)CSc2ccc(F)c(F)c2)c1C. The van der Waals surface area contributed by atoms with Gasteiger partial charge in [0.1, 0.15) is 0 Å². The van der Waals surface area contributed by atoms with Crippen molar-refractivity contribution in [1.82, 2.24) is 4.98 Å². The van der Waals surface area contributed by atoms with Crippen molar-refractivity contribution >= 4 is 23.5 Å². The smallest absolute Gasteiger partial charge is 0.339 e. The average molecular weight is 339 g/mol. The van der Waals surface area contributed by atoms with Crippen LogP contribution in [0.15, 0.2) is 23.1 Å². The van der Waals surface area contributed by atoms with Crippen LogP contribution in [0.3, 0.4) is 0 Å². The van der Waals surface area contributed by atoms with E-state index in [1.807, 2.05) is 0 Å². The number of hydrogen-bond donors (Lipinski definition) is 1. The number of aromatic nitrogens is 1. The number of ether oxygens (including phenoxy) is 1. The van der Waals surface area contributed by atoms with E-state index < -0.39 is 17.6 Å². The van der Waals surface area contributed by atoms with Gasteiger partial charge < -0.3 is 9.72 Å². The van der Waals surface area contributed by atoms with Gasteiger partial charge in [-0.2, -0.15) is 0 Å². The molecule has 0 spiro atoms. The molecule has 0 aliphatic heterocycles. The Bertz CT molecular complexity index is 771. The van der Waals surface area contributed by atoms with Crippen LogP contribution in [0.25, 0.3) is 0 Å². The Morgan fingerprint density at radius 1 is 1.22 bits per heavy atom.